The lowest BCUT2D eigenvalue weighted by molar-refractivity contribution is 0.301. The van der Waals surface area contributed by atoms with Crippen LogP contribution in [0.5, 0.6) is 5.75 Å². The van der Waals surface area contributed by atoms with Crippen molar-refractivity contribution in [2.45, 2.75) is 13.5 Å². The van der Waals surface area contributed by atoms with Crippen molar-refractivity contribution in [3.05, 3.63) is 83.9 Å². The summed E-state index contributed by atoms with van der Waals surface area (Å²) >= 11 is 0. The minimum absolute atomic E-state index is 0.225. The van der Waals surface area contributed by atoms with Crippen molar-refractivity contribution < 1.29 is 13.5 Å². The minimum Gasteiger partial charge on any atom is -0.487 e. The topological polar surface area (TPSA) is 39.4 Å². The van der Waals surface area contributed by atoms with Crippen LogP contribution in [0.4, 0.5) is 8.78 Å². The fourth-order valence-corrected chi connectivity index (χ4v) is 2.69. The zero-order valence-corrected chi connectivity index (χ0v) is 14.0. The molecule has 0 aliphatic carbocycles. The van der Waals surface area contributed by atoms with Crippen LogP contribution < -0.4 is 4.74 Å². The zero-order chi connectivity index (χ0) is 18.1. The van der Waals surface area contributed by atoms with Crippen LogP contribution in [-0.4, -0.2) is 14.4 Å². The molecule has 26 heavy (non-hydrogen) atoms. The fraction of sp³-hybridized carbons (Fsp3) is 0.100. The molecule has 0 radical (unpaired) electrons. The van der Waals surface area contributed by atoms with Crippen molar-refractivity contribution >= 4 is 5.78 Å². The standard InChI is InChI=1S/C20H15F2N3O/c1-13-2-7-18(19(22)8-13)14-9-23-20-24-16(11-25(20)10-14)12-26-17-5-3-15(21)4-6-17/h2-11H,12H2,1H3. The molecule has 4 nitrogen and oxygen atoms in total. The van der Waals surface area contributed by atoms with Crippen LogP contribution in [0.1, 0.15) is 11.3 Å². The second-order valence-electron chi connectivity index (χ2n) is 6.01. The molecular formula is C20H15F2N3O. The van der Waals surface area contributed by atoms with Gasteiger partial charge in [0.15, 0.2) is 0 Å². The average Bonchev–Trinajstić information content (AvgIpc) is 3.03. The highest BCUT2D eigenvalue weighted by molar-refractivity contribution is 5.63. The Hall–Kier alpha value is -3.28. The number of aromatic nitrogens is 3. The Bertz CT molecular complexity index is 1070. The Labute approximate surface area is 148 Å². The molecule has 4 aromatic rings. The van der Waals surface area contributed by atoms with E-state index in [1.165, 1.54) is 18.2 Å². The van der Waals surface area contributed by atoms with Crippen LogP contribution in [-0.2, 0) is 6.61 Å². The molecule has 0 amide bonds. The van der Waals surface area contributed by atoms with Crippen LogP contribution in [0, 0.1) is 18.6 Å². The number of benzene rings is 2. The maximum Gasteiger partial charge on any atom is 0.234 e. The predicted molar refractivity (Wildman–Crippen MR) is 93.9 cm³/mol. The molecule has 0 saturated carbocycles. The summed E-state index contributed by atoms with van der Waals surface area (Å²) < 4.78 is 34.4. The van der Waals surface area contributed by atoms with Crippen molar-refractivity contribution in [1.82, 2.24) is 14.4 Å². The van der Waals surface area contributed by atoms with E-state index in [4.69, 9.17) is 4.74 Å². The van der Waals surface area contributed by atoms with Gasteiger partial charge in [-0.15, -0.1) is 0 Å². The summed E-state index contributed by atoms with van der Waals surface area (Å²) in [6, 6.07) is 10.9. The third kappa shape index (κ3) is 3.26. The molecule has 2 heterocycles. The van der Waals surface area contributed by atoms with Crippen molar-refractivity contribution in [2.24, 2.45) is 0 Å². The van der Waals surface area contributed by atoms with E-state index < -0.39 is 0 Å². The Morgan fingerprint density at radius 3 is 2.62 bits per heavy atom. The molecule has 130 valence electrons. The molecule has 4 rings (SSSR count). The molecule has 0 unspecified atom stereocenters. The van der Waals surface area contributed by atoms with Crippen LogP contribution in [0.15, 0.2) is 61.1 Å². The molecule has 0 aliphatic heterocycles. The van der Waals surface area contributed by atoms with E-state index in [0.29, 0.717) is 28.3 Å². The highest BCUT2D eigenvalue weighted by Gasteiger charge is 2.09. The predicted octanol–water partition coefficient (Wildman–Crippen LogP) is 4.56. The first-order chi connectivity index (χ1) is 12.6. The molecule has 0 atom stereocenters. The first-order valence-corrected chi connectivity index (χ1v) is 8.07. The van der Waals surface area contributed by atoms with Gasteiger partial charge in [-0.1, -0.05) is 12.1 Å². The number of aryl methyl sites for hydroxylation is 1. The van der Waals surface area contributed by atoms with E-state index in [1.54, 1.807) is 41.2 Å². The Morgan fingerprint density at radius 1 is 1.04 bits per heavy atom. The quantitative estimate of drug-likeness (QED) is 0.541. The number of rotatable bonds is 4. The number of hydrogen-bond donors (Lipinski definition) is 0. The van der Waals surface area contributed by atoms with Gasteiger partial charge in [-0.25, -0.2) is 18.7 Å². The first kappa shape index (κ1) is 16.2. The molecule has 2 aromatic heterocycles. The van der Waals surface area contributed by atoms with Gasteiger partial charge in [-0.05, 0) is 42.8 Å². The van der Waals surface area contributed by atoms with Gasteiger partial charge in [-0.2, -0.15) is 0 Å². The van der Waals surface area contributed by atoms with Crippen LogP contribution >= 0.6 is 0 Å². The second kappa shape index (κ2) is 6.55. The van der Waals surface area contributed by atoms with Crippen molar-refractivity contribution in [1.29, 1.82) is 0 Å². The van der Waals surface area contributed by atoms with Gasteiger partial charge in [0.1, 0.15) is 24.0 Å². The van der Waals surface area contributed by atoms with Gasteiger partial charge in [0.05, 0.1) is 5.69 Å². The van der Waals surface area contributed by atoms with Crippen molar-refractivity contribution in [3.8, 4) is 16.9 Å². The third-order valence-corrected chi connectivity index (χ3v) is 4.00. The highest BCUT2D eigenvalue weighted by Crippen LogP contribution is 2.23. The number of hydrogen-bond acceptors (Lipinski definition) is 3. The Kier molecular flexibility index (Phi) is 4.08. The van der Waals surface area contributed by atoms with E-state index in [-0.39, 0.29) is 18.2 Å². The normalized spacial score (nSPS) is 11.0. The second-order valence-corrected chi connectivity index (χ2v) is 6.01. The fourth-order valence-electron chi connectivity index (χ4n) is 2.69. The zero-order valence-electron chi connectivity index (χ0n) is 14.0. The molecule has 0 spiro atoms. The van der Waals surface area contributed by atoms with E-state index in [2.05, 4.69) is 9.97 Å². The smallest absolute Gasteiger partial charge is 0.234 e. The maximum absolute atomic E-state index is 14.2. The number of halogens is 2. The summed E-state index contributed by atoms with van der Waals surface area (Å²) in [5.41, 5.74) is 2.69. The lowest BCUT2D eigenvalue weighted by atomic mass is 10.1. The summed E-state index contributed by atoms with van der Waals surface area (Å²) in [7, 11) is 0. The number of ether oxygens (including phenoxy) is 1. The van der Waals surface area contributed by atoms with Crippen LogP contribution in [0.2, 0.25) is 0 Å². The monoisotopic (exact) mass is 351 g/mol. The Morgan fingerprint density at radius 2 is 1.85 bits per heavy atom. The summed E-state index contributed by atoms with van der Waals surface area (Å²) in [5, 5.41) is 0. The van der Waals surface area contributed by atoms with E-state index in [9.17, 15) is 8.78 Å². The number of nitrogens with zero attached hydrogens (tertiary/aromatic N) is 3. The number of fused-ring (bicyclic) bond motifs is 1. The van der Waals surface area contributed by atoms with E-state index in [0.717, 1.165) is 5.56 Å². The molecule has 0 N–H and O–H groups in total. The molecule has 0 saturated heterocycles. The SMILES string of the molecule is Cc1ccc(-c2cnc3nc(COc4ccc(F)cc4)cn3c2)c(F)c1. The van der Waals surface area contributed by atoms with Gasteiger partial charge in [-0.3, -0.25) is 4.40 Å². The third-order valence-electron chi connectivity index (χ3n) is 4.00. The van der Waals surface area contributed by atoms with Crippen LogP contribution in [0.3, 0.4) is 0 Å². The Balaban J connectivity index is 1.58. The van der Waals surface area contributed by atoms with Gasteiger partial charge in [0.25, 0.3) is 0 Å². The lowest BCUT2D eigenvalue weighted by Crippen LogP contribution is -1.95. The molecular weight excluding hydrogens is 336 g/mol. The van der Waals surface area contributed by atoms with Crippen molar-refractivity contribution in [3.63, 3.8) is 0 Å². The van der Waals surface area contributed by atoms with E-state index >= 15 is 0 Å². The van der Waals surface area contributed by atoms with Crippen LogP contribution in [0.25, 0.3) is 16.9 Å². The van der Waals surface area contributed by atoms with Gasteiger partial charge < -0.3 is 4.74 Å². The molecule has 0 fully saturated rings. The van der Waals surface area contributed by atoms with E-state index in [1.807, 2.05) is 13.0 Å². The minimum atomic E-state index is -0.315. The lowest BCUT2D eigenvalue weighted by Gasteiger charge is -2.04. The molecule has 2 aromatic carbocycles. The first-order valence-electron chi connectivity index (χ1n) is 8.07. The molecule has 0 bridgehead atoms. The highest BCUT2D eigenvalue weighted by atomic mass is 19.1. The van der Waals surface area contributed by atoms with Gasteiger partial charge >= 0.3 is 0 Å². The number of imidazole rings is 1. The average molecular weight is 351 g/mol. The molecule has 0 aliphatic rings. The summed E-state index contributed by atoms with van der Waals surface area (Å²) in [6.45, 7) is 2.07. The molecule has 6 heteroatoms. The largest absolute Gasteiger partial charge is 0.487 e. The van der Waals surface area contributed by atoms with Gasteiger partial charge in [0.2, 0.25) is 5.78 Å². The van der Waals surface area contributed by atoms with Gasteiger partial charge in [0, 0.05) is 29.7 Å². The summed E-state index contributed by atoms with van der Waals surface area (Å²) in [6.07, 6.45) is 5.16. The van der Waals surface area contributed by atoms with Crippen molar-refractivity contribution in [2.75, 3.05) is 0 Å². The summed E-state index contributed by atoms with van der Waals surface area (Å²) in [5.74, 6) is 0.453. The maximum atomic E-state index is 14.2. The summed E-state index contributed by atoms with van der Waals surface area (Å²) in [4.78, 5) is 8.66.